The van der Waals surface area contributed by atoms with Crippen molar-refractivity contribution in [1.82, 2.24) is 10.2 Å². The molecule has 0 aliphatic carbocycles. The number of aliphatic hydroxyl groups excluding tert-OH is 1. The third kappa shape index (κ3) is 3.16. The van der Waals surface area contributed by atoms with E-state index in [2.05, 4.69) is 31.0 Å². The van der Waals surface area contributed by atoms with Gasteiger partial charge < -0.3 is 10.4 Å². The third-order valence-corrected chi connectivity index (χ3v) is 3.69. The van der Waals surface area contributed by atoms with Crippen LogP contribution in [0.5, 0.6) is 0 Å². The van der Waals surface area contributed by atoms with E-state index in [0.717, 1.165) is 6.54 Å². The van der Waals surface area contributed by atoms with Crippen molar-refractivity contribution in [3.63, 3.8) is 0 Å². The molecule has 0 aromatic rings. The molecule has 2 atom stereocenters. The van der Waals surface area contributed by atoms with E-state index >= 15 is 0 Å². The van der Waals surface area contributed by atoms with Crippen LogP contribution in [-0.2, 0) is 0 Å². The summed E-state index contributed by atoms with van der Waals surface area (Å²) < 4.78 is 0. The molecule has 1 rings (SSSR count). The number of rotatable bonds is 5. The molecule has 1 fully saturated rings. The van der Waals surface area contributed by atoms with E-state index < -0.39 is 0 Å². The van der Waals surface area contributed by atoms with Gasteiger partial charge in [0.25, 0.3) is 0 Å². The highest BCUT2D eigenvalue weighted by Crippen LogP contribution is 2.25. The largest absolute Gasteiger partial charge is 0.394 e. The molecule has 0 bridgehead atoms. The Hall–Kier alpha value is -0.120. The van der Waals surface area contributed by atoms with Crippen LogP contribution in [0.3, 0.4) is 0 Å². The minimum absolute atomic E-state index is 0.155. The van der Waals surface area contributed by atoms with Gasteiger partial charge in [-0.25, -0.2) is 0 Å². The van der Waals surface area contributed by atoms with Crippen LogP contribution >= 0.6 is 0 Å². The number of aliphatic hydroxyl groups is 1. The maximum absolute atomic E-state index is 9.38. The molecule has 0 amide bonds. The van der Waals surface area contributed by atoms with Gasteiger partial charge in [0.05, 0.1) is 12.1 Å². The Morgan fingerprint density at radius 2 is 2.20 bits per heavy atom. The van der Waals surface area contributed by atoms with Crippen LogP contribution in [-0.4, -0.2) is 48.3 Å². The number of hydrogen-bond donors (Lipinski definition) is 2. The minimum Gasteiger partial charge on any atom is -0.394 e. The maximum Gasteiger partial charge on any atom is 0.0623 e. The number of hydrogen-bond acceptors (Lipinski definition) is 3. The second kappa shape index (κ2) is 5.28. The van der Waals surface area contributed by atoms with Crippen molar-refractivity contribution in [2.75, 3.05) is 26.7 Å². The number of nitrogens with one attached hydrogen (secondary N) is 1. The van der Waals surface area contributed by atoms with Gasteiger partial charge in [-0.05, 0) is 39.3 Å². The minimum atomic E-state index is -0.155. The summed E-state index contributed by atoms with van der Waals surface area (Å²) in [6.45, 7) is 8.99. The van der Waals surface area contributed by atoms with E-state index in [-0.39, 0.29) is 12.1 Å². The first-order valence-corrected chi connectivity index (χ1v) is 6.06. The summed E-state index contributed by atoms with van der Waals surface area (Å²) in [5.74, 6) is 0.715. The van der Waals surface area contributed by atoms with E-state index in [0.29, 0.717) is 12.0 Å². The molecule has 1 aliphatic rings. The van der Waals surface area contributed by atoms with Gasteiger partial charge in [0, 0.05) is 12.6 Å². The predicted molar refractivity (Wildman–Crippen MR) is 64.0 cm³/mol. The second-order valence-corrected chi connectivity index (χ2v) is 5.39. The van der Waals surface area contributed by atoms with Gasteiger partial charge in [0.1, 0.15) is 0 Å². The molecule has 1 aliphatic heterocycles. The molecule has 0 aromatic heterocycles. The molecule has 1 saturated heterocycles. The number of nitrogens with zero attached hydrogens (tertiary/aromatic N) is 1. The Balaban J connectivity index is 2.56. The van der Waals surface area contributed by atoms with Crippen LogP contribution in [0.1, 0.15) is 33.6 Å². The first-order valence-electron chi connectivity index (χ1n) is 6.06. The Bertz CT molecular complexity index is 190. The molecular formula is C12H26N2O. The zero-order valence-electron chi connectivity index (χ0n) is 10.6. The second-order valence-electron chi connectivity index (χ2n) is 5.39. The van der Waals surface area contributed by atoms with Crippen LogP contribution in [0, 0.1) is 5.92 Å². The quantitative estimate of drug-likeness (QED) is 0.719. The molecule has 0 aromatic carbocycles. The van der Waals surface area contributed by atoms with E-state index in [4.69, 9.17) is 0 Å². The van der Waals surface area contributed by atoms with Crippen LogP contribution < -0.4 is 5.32 Å². The van der Waals surface area contributed by atoms with Gasteiger partial charge in [-0.3, -0.25) is 4.90 Å². The molecule has 2 unspecified atom stereocenters. The molecule has 0 saturated carbocycles. The van der Waals surface area contributed by atoms with Crippen LogP contribution in [0.15, 0.2) is 0 Å². The zero-order chi connectivity index (χ0) is 11.5. The lowest BCUT2D eigenvalue weighted by atomic mass is 9.98. The van der Waals surface area contributed by atoms with Crippen molar-refractivity contribution >= 4 is 0 Å². The highest BCUT2D eigenvalue weighted by molar-refractivity contribution is 4.90. The van der Waals surface area contributed by atoms with E-state index in [1.807, 2.05) is 7.05 Å². The summed E-state index contributed by atoms with van der Waals surface area (Å²) >= 11 is 0. The molecule has 1 heterocycles. The highest BCUT2D eigenvalue weighted by atomic mass is 16.3. The Kier molecular flexibility index (Phi) is 4.56. The fourth-order valence-corrected chi connectivity index (χ4v) is 2.46. The highest BCUT2D eigenvalue weighted by Gasteiger charge is 2.32. The van der Waals surface area contributed by atoms with Gasteiger partial charge in [-0.2, -0.15) is 0 Å². The Morgan fingerprint density at radius 1 is 1.53 bits per heavy atom. The number of likely N-dealkylation sites (N-methyl/N-ethyl adjacent to an activating group) is 1. The van der Waals surface area contributed by atoms with Gasteiger partial charge >= 0.3 is 0 Å². The van der Waals surface area contributed by atoms with Crippen molar-refractivity contribution < 1.29 is 5.11 Å². The first kappa shape index (κ1) is 12.9. The lowest BCUT2D eigenvalue weighted by molar-refractivity contribution is 0.106. The van der Waals surface area contributed by atoms with Crippen molar-refractivity contribution in [2.45, 2.75) is 45.2 Å². The van der Waals surface area contributed by atoms with E-state index in [1.54, 1.807) is 0 Å². The van der Waals surface area contributed by atoms with Crippen LogP contribution in [0.2, 0.25) is 0 Å². The van der Waals surface area contributed by atoms with Crippen molar-refractivity contribution in [1.29, 1.82) is 0 Å². The summed E-state index contributed by atoms with van der Waals surface area (Å²) in [6, 6.07) is 0.698. The van der Waals surface area contributed by atoms with Crippen molar-refractivity contribution in [3.05, 3.63) is 0 Å². The Morgan fingerprint density at radius 3 is 2.67 bits per heavy atom. The normalized spacial score (nSPS) is 27.2. The summed E-state index contributed by atoms with van der Waals surface area (Å²) in [6.07, 6.45) is 2.61. The first-order chi connectivity index (χ1) is 7.02. The fraction of sp³-hybridized carbons (Fsp3) is 1.00. The summed E-state index contributed by atoms with van der Waals surface area (Å²) in [4.78, 5) is 2.53. The maximum atomic E-state index is 9.38. The summed E-state index contributed by atoms with van der Waals surface area (Å²) in [7, 11) is 1.93. The van der Waals surface area contributed by atoms with E-state index in [9.17, 15) is 5.11 Å². The SMILES string of the molecule is CNC(C)(CO)CN1CCCC1C(C)C. The smallest absolute Gasteiger partial charge is 0.0623 e. The average Bonchev–Trinajstić information content (AvgIpc) is 2.65. The number of likely N-dealkylation sites (tertiary alicyclic amines) is 1. The summed E-state index contributed by atoms with van der Waals surface area (Å²) in [5, 5.41) is 12.6. The molecule has 3 heteroatoms. The molecular weight excluding hydrogens is 188 g/mol. The molecule has 90 valence electrons. The molecule has 3 nitrogen and oxygen atoms in total. The molecule has 0 spiro atoms. The standard InChI is InChI=1S/C12H26N2O/c1-10(2)11-6-5-7-14(11)8-12(3,9-15)13-4/h10-11,13,15H,5-9H2,1-4H3. The van der Waals surface area contributed by atoms with Crippen LogP contribution in [0.4, 0.5) is 0 Å². The van der Waals surface area contributed by atoms with Crippen molar-refractivity contribution in [3.8, 4) is 0 Å². The predicted octanol–water partition coefficient (Wildman–Crippen LogP) is 1.08. The van der Waals surface area contributed by atoms with Gasteiger partial charge in [0.15, 0.2) is 0 Å². The van der Waals surface area contributed by atoms with Gasteiger partial charge in [-0.1, -0.05) is 13.8 Å². The monoisotopic (exact) mass is 214 g/mol. The topological polar surface area (TPSA) is 35.5 Å². The summed E-state index contributed by atoms with van der Waals surface area (Å²) in [5.41, 5.74) is -0.155. The van der Waals surface area contributed by atoms with Crippen molar-refractivity contribution in [2.24, 2.45) is 5.92 Å². The zero-order valence-corrected chi connectivity index (χ0v) is 10.6. The fourth-order valence-electron chi connectivity index (χ4n) is 2.46. The van der Waals surface area contributed by atoms with Crippen LogP contribution in [0.25, 0.3) is 0 Å². The third-order valence-electron chi connectivity index (χ3n) is 3.69. The average molecular weight is 214 g/mol. The molecule has 2 N–H and O–H groups in total. The van der Waals surface area contributed by atoms with Gasteiger partial charge in [-0.15, -0.1) is 0 Å². The molecule has 0 radical (unpaired) electrons. The lowest BCUT2D eigenvalue weighted by Crippen LogP contribution is -2.54. The lowest BCUT2D eigenvalue weighted by Gasteiger charge is -2.36. The molecule has 15 heavy (non-hydrogen) atoms. The van der Waals surface area contributed by atoms with E-state index in [1.165, 1.54) is 19.4 Å². The Labute approximate surface area is 93.9 Å². The van der Waals surface area contributed by atoms with Gasteiger partial charge in [0.2, 0.25) is 0 Å².